The van der Waals surface area contributed by atoms with Gasteiger partial charge in [-0.05, 0) is 68.7 Å². The molecule has 7 rings (SSSR count). The second-order valence-electron chi connectivity index (χ2n) is 11.1. The summed E-state index contributed by atoms with van der Waals surface area (Å²) in [4.78, 5) is 39.9. The topological polar surface area (TPSA) is 99.1 Å². The number of carbonyl (C=O) groups is 3. The predicted molar refractivity (Wildman–Crippen MR) is 178 cm³/mol. The summed E-state index contributed by atoms with van der Waals surface area (Å²) < 4.78 is 17.4. The molecule has 46 heavy (non-hydrogen) atoms. The Balaban J connectivity index is 1.13. The van der Waals surface area contributed by atoms with Crippen molar-refractivity contribution in [2.24, 2.45) is 0 Å². The molecule has 7 nitrogen and oxygen atoms in total. The summed E-state index contributed by atoms with van der Waals surface area (Å²) in [6.45, 7) is -0.187. The van der Waals surface area contributed by atoms with Crippen LogP contribution < -0.4 is 0 Å². The van der Waals surface area contributed by atoms with Gasteiger partial charge in [-0.3, -0.25) is 0 Å². The Morgan fingerprint density at radius 3 is 1.37 bits per heavy atom. The van der Waals surface area contributed by atoms with Gasteiger partial charge in [0, 0.05) is 0 Å². The van der Waals surface area contributed by atoms with Crippen LogP contribution in [0.4, 0.5) is 0 Å². The van der Waals surface area contributed by atoms with Gasteiger partial charge in [0.1, 0.15) is 12.0 Å². The molecule has 0 bridgehead atoms. The Hall–Kier alpha value is -5.18. The van der Waals surface area contributed by atoms with Crippen molar-refractivity contribution in [3.8, 4) is 0 Å². The van der Waals surface area contributed by atoms with Gasteiger partial charge in [0.25, 0.3) is 0 Å². The van der Waals surface area contributed by atoms with E-state index in [1.165, 1.54) is 0 Å². The summed E-state index contributed by atoms with van der Waals surface area (Å²) in [5.74, 6) is -1.88. The summed E-state index contributed by atoms with van der Waals surface area (Å²) in [5, 5.41) is 15.9. The Bertz CT molecular complexity index is 2110. The van der Waals surface area contributed by atoms with E-state index in [-0.39, 0.29) is 6.61 Å². The van der Waals surface area contributed by atoms with Gasteiger partial charge in [0.15, 0.2) is 12.2 Å². The normalized spacial score (nSPS) is 19.2. The van der Waals surface area contributed by atoms with Gasteiger partial charge < -0.3 is 19.3 Å². The summed E-state index contributed by atoms with van der Waals surface area (Å²) >= 11 is 1.02. The molecule has 1 aliphatic rings. The molecular weight excluding hydrogens is 600 g/mol. The lowest BCUT2D eigenvalue weighted by Gasteiger charge is -2.24. The third-order valence-electron chi connectivity index (χ3n) is 8.11. The molecule has 1 unspecified atom stereocenters. The minimum atomic E-state index is -1.23. The summed E-state index contributed by atoms with van der Waals surface area (Å²) in [7, 11) is 0. The average molecular weight is 629 g/mol. The van der Waals surface area contributed by atoms with Crippen molar-refractivity contribution in [2.75, 3.05) is 6.61 Å². The molecule has 0 spiro atoms. The molecule has 1 fully saturated rings. The molecule has 0 saturated carbocycles. The van der Waals surface area contributed by atoms with E-state index in [0.717, 1.165) is 44.1 Å². The molecule has 1 aliphatic heterocycles. The summed E-state index contributed by atoms with van der Waals surface area (Å²) in [6.07, 6.45) is -2.31. The lowest BCUT2D eigenvalue weighted by atomic mass is 10.1. The maximum Gasteiger partial charge on any atom is 0.338 e. The third-order valence-corrected chi connectivity index (χ3v) is 9.41. The van der Waals surface area contributed by atoms with Crippen LogP contribution in [0.2, 0.25) is 0 Å². The van der Waals surface area contributed by atoms with Crippen LogP contribution in [0, 0.1) is 0 Å². The van der Waals surface area contributed by atoms with Crippen LogP contribution in [0.15, 0.2) is 127 Å². The van der Waals surface area contributed by atoms with Gasteiger partial charge in [0.05, 0.1) is 21.9 Å². The van der Waals surface area contributed by atoms with E-state index in [1.54, 1.807) is 36.4 Å². The maximum atomic E-state index is 13.5. The minimum absolute atomic E-state index is 0.187. The van der Waals surface area contributed by atoms with Gasteiger partial charge in [-0.15, -0.1) is 11.8 Å². The van der Waals surface area contributed by atoms with Crippen molar-refractivity contribution in [2.45, 2.75) is 22.9 Å². The fourth-order valence-electron chi connectivity index (χ4n) is 5.68. The zero-order valence-electron chi connectivity index (χ0n) is 24.4. The van der Waals surface area contributed by atoms with E-state index in [4.69, 9.17) is 14.2 Å². The number of thioether (sulfide) groups is 1. The number of hydrogen-bond acceptors (Lipinski definition) is 8. The number of carbonyl (C=O) groups excluding carboxylic acids is 3. The van der Waals surface area contributed by atoms with E-state index < -0.39 is 40.8 Å². The molecule has 6 aromatic rings. The maximum absolute atomic E-state index is 13.5. The first-order valence-corrected chi connectivity index (χ1v) is 15.8. The van der Waals surface area contributed by atoms with Gasteiger partial charge in [0.2, 0.25) is 0 Å². The monoisotopic (exact) mass is 628 g/mol. The second-order valence-corrected chi connectivity index (χ2v) is 12.4. The van der Waals surface area contributed by atoms with E-state index in [2.05, 4.69) is 0 Å². The van der Waals surface area contributed by atoms with Crippen molar-refractivity contribution >= 4 is 62.0 Å². The van der Waals surface area contributed by atoms with Crippen molar-refractivity contribution in [3.63, 3.8) is 0 Å². The highest BCUT2D eigenvalue weighted by Gasteiger charge is 2.49. The molecule has 4 atom stereocenters. The van der Waals surface area contributed by atoms with Crippen LogP contribution in [-0.2, 0) is 14.2 Å². The van der Waals surface area contributed by atoms with E-state index >= 15 is 0 Å². The first-order chi connectivity index (χ1) is 22.4. The molecule has 6 aromatic carbocycles. The second kappa shape index (κ2) is 12.7. The zero-order valence-corrected chi connectivity index (χ0v) is 25.3. The van der Waals surface area contributed by atoms with Crippen LogP contribution >= 0.6 is 11.8 Å². The van der Waals surface area contributed by atoms with Crippen molar-refractivity contribution in [1.82, 2.24) is 0 Å². The van der Waals surface area contributed by atoms with Crippen molar-refractivity contribution < 1.29 is 33.7 Å². The van der Waals surface area contributed by atoms with Crippen molar-refractivity contribution in [3.05, 3.63) is 144 Å². The fraction of sp³-hybridized carbons (Fsp3) is 0.132. The minimum Gasteiger partial charge on any atom is -0.461 e. The highest BCUT2D eigenvalue weighted by atomic mass is 32.2. The van der Waals surface area contributed by atoms with Crippen LogP contribution in [0.3, 0.4) is 0 Å². The molecule has 0 aromatic heterocycles. The number of ether oxygens (including phenoxy) is 3. The lowest BCUT2D eigenvalue weighted by molar-refractivity contribution is -0.0557. The number of aliphatic hydroxyl groups excluding tert-OH is 1. The highest BCUT2D eigenvalue weighted by molar-refractivity contribution is 8.00. The number of rotatable bonds is 7. The molecule has 0 aliphatic carbocycles. The Labute approximate surface area is 268 Å². The van der Waals surface area contributed by atoms with Crippen molar-refractivity contribution in [1.29, 1.82) is 0 Å². The first kappa shape index (κ1) is 29.5. The number of hydrogen-bond donors (Lipinski definition) is 1. The third kappa shape index (κ3) is 6.05. The molecule has 0 amide bonds. The Morgan fingerprint density at radius 1 is 0.522 bits per heavy atom. The van der Waals surface area contributed by atoms with Crippen LogP contribution in [0.25, 0.3) is 32.3 Å². The first-order valence-electron chi connectivity index (χ1n) is 14.8. The standard InChI is InChI=1S/C38H28O7S/c39-35(29-16-13-23-7-1-4-10-26(23)19-29)43-22-32-33(44-36(40)30-17-14-24-8-2-5-11-27(24)20-30)34(38(42)46-32)45-37(41)31-18-15-25-9-3-6-12-28(25)21-31/h1-21,32-34,38,42H,22H2/t32-,33+,34-,38?/m0/s1. The molecule has 1 N–H and O–H groups in total. The van der Waals surface area contributed by atoms with Gasteiger partial charge >= 0.3 is 17.9 Å². The summed E-state index contributed by atoms with van der Waals surface area (Å²) in [6, 6.07) is 38.6. The van der Waals surface area contributed by atoms with Crippen LogP contribution in [0.5, 0.6) is 0 Å². The lowest BCUT2D eigenvalue weighted by Crippen LogP contribution is -2.41. The fourth-order valence-corrected chi connectivity index (χ4v) is 6.92. The highest BCUT2D eigenvalue weighted by Crippen LogP contribution is 2.38. The average Bonchev–Trinajstić information content (AvgIpc) is 3.38. The number of esters is 3. The molecule has 0 radical (unpaired) electrons. The van der Waals surface area contributed by atoms with Crippen LogP contribution in [0.1, 0.15) is 31.1 Å². The van der Waals surface area contributed by atoms with E-state index in [1.807, 2.05) is 91.0 Å². The van der Waals surface area contributed by atoms with Gasteiger partial charge in [-0.25, -0.2) is 14.4 Å². The van der Waals surface area contributed by atoms with Gasteiger partial charge in [-0.1, -0.05) is 91.0 Å². The number of fused-ring (bicyclic) bond motifs is 3. The predicted octanol–water partition coefficient (Wildman–Crippen LogP) is 7.19. The smallest absolute Gasteiger partial charge is 0.338 e. The van der Waals surface area contributed by atoms with Gasteiger partial charge in [-0.2, -0.15) is 0 Å². The zero-order chi connectivity index (χ0) is 31.6. The molecule has 8 heteroatoms. The van der Waals surface area contributed by atoms with Crippen LogP contribution in [-0.4, -0.2) is 52.5 Å². The molecule has 1 heterocycles. The van der Waals surface area contributed by atoms with E-state index in [9.17, 15) is 19.5 Å². The molecular formula is C38H28O7S. The number of aliphatic hydroxyl groups is 1. The summed E-state index contributed by atoms with van der Waals surface area (Å²) in [5.41, 5.74) is -0.271. The molecule has 228 valence electrons. The number of benzene rings is 6. The largest absolute Gasteiger partial charge is 0.461 e. The quantitative estimate of drug-likeness (QED) is 0.147. The molecule has 1 saturated heterocycles. The van der Waals surface area contributed by atoms with E-state index in [0.29, 0.717) is 16.7 Å². The Morgan fingerprint density at radius 2 is 0.913 bits per heavy atom. The SMILES string of the molecule is O=C(OC[C@@H]1SC(O)[C@@H](OC(=O)c2ccc3ccccc3c2)[C@@H]1OC(=O)c1ccc2ccccc2c1)c1ccc2ccccc2c1. The Kier molecular flexibility index (Phi) is 8.13.